The SMILES string of the molecule is CC.CC.CC.CC=Cc1ccc(C=Cc2ccccc2)cc1.CN(C)c1ccccc1.c1ccccc1. The van der Waals surface area contributed by atoms with Crippen LogP contribution in [0.5, 0.6) is 0 Å². The van der Waals surface area contributed by atoms with Crippen LogP contribution < -0.4 is 4.90 Å². The molecule has 1 heteroatoms. The van der Waals surface area contributed by atoms with Gasteiger partial charge in [0.15, 0.2) is 0 Å². The zero-order valence-electron chi connectivity index (χ0n) is 25.3. The predicted molar refractivity (Wildman–Crippen MR) is 178 cm³/mol. The number of nitrogens with zero attached hydrogens (tertiary/aromatic N) is 1. The van der Waals surface area contributed by atoms with E-state index in [4.69, 9.17) is 0 Å². The number of hydrogen-bond acceptors (Lipinski definition) is 1. The molecule has 0 heterocycles. The Balaban J connectivity index is 0. The third kappa shape index (κ3) is 19.4. The van der Waals surface area contributed by atoms with Gasteiger partial charge < -0.3 is 4.90 Å². The summed E-state index contributed by atoms with van der Waals surface area (Å²) in [5.41, 5.74) is 4.94. The van der Waals surface area contributed by atoms with Gasteiger partial charge in [-0.2, -0.15) is 0 Å². The second-order valence-electron chi connectivity index (χ2n) is 7.30. The molecule has 0 saturated heterocycles. The highest BCUT2D eigenvalue weighted by Crippen LogP contribution is 2.10. The first-order valence-electron chi connectivity index (χ1n) is 13.9. The lowest BCUT2D eigenvalue weighted by atomic mass is 10.1. The van der Waals surface area contributed by atoms with Gasteiger partial charge in [0.25, 0.3) is 0 Å². The molecule has 0 N–H and O–H groups in total. The monoisotopic (exact) mass is 509 g/mol. The highest BCUT2D eigenvalue weighted by atomic mass is 15.1. The maximum absolute atomic E-state index is 2.13. The average Bonchev–Trinajstić information content (AvgIpc) is 3.02. The van der Waals surface area contributed by atoms with Crippen molar-refractivity contribution < 1.29 is 0 Å². The van der Waals surface area contributed by atoms with E-state index >= 15 is 0 Å². The number of benzene rings is 4. The van der Waals surface area contributed by atoms with E-state index in [9.17, 15) is 0 Å². The van der Waals surface area contributed by atoms with E-state index in [2.05, 4.69) is 89.9 Å². The molecule has 1 nitrogen and oxygen atoms in total. The lowest BCUT2D eigenvalue weighted by Crippen LogP contribution is -2.07. The summed E-state index contributed by atoms with van der Waals surface area (Å²) in [6.07, 6.45) is 8.42. The topological polar surface area (TPSA) is 3.24 Å². The molecule has 0 spiro atoms. The lowest BCUT2D eigenvalue weighted by molar-refractivity contribution is 1.13. The summed E-state index contributed by atoms with van der Waals surface area (Å²) in [5.74, 6) is 0. The van der Waals surface area contributed by atoms with E-state index < -0.39 is 0 Å². The van der Waals surface area contributed by atoms with Crippen molar-refractivity contribution in [1.29, 1.82) is 0 Å². The third-order valence-corrected chi connectivity index (χ3v) is 4.50. The minimum absolute atomic E-state index is 1.22. The summed E-state index contributed by atoms with van der Waals surface area (Å²) in [4.78, 5) is 2.08. The number of allylic oxidation sites excluding steroid dienone is 1. The Morgan fingerprint density at radius 3 is 1.00 bits per heavy atom. The fraction of sp³-hybridized carbons (Fsp3) is 0.243. The molecule has 0 amide bonds. The largest absolute Gasteiger partial charge is 0.378 e. The molecule has 4 aromatic rings. The van der Waals surface area contributed by atoms with E-state index in [1.54, 1.807) is 0 Å². The highest BCUT2D eigenvalue weighted by Gasteiger charge is 1.89. The van der Waals surface area contributed by atoms with Crippen LogP contribution in [-0.2, 0) is 0 Å². The van der Waals surface area contributed by atoms with Gasteiger partial charge in [0.1, 0.15) is 0 Å². The van der Waals surface area contributed by atoms with Crippen molar-refractivity contribution >= 4 is 23.9 Å². The van der Waals surface area contributed by atoms with Crippen LogP contribution >= 0.6 is 0 Å². The van der Waals surface area contributed by atoms with E-state index in [0.717, 1.165) is 0 Å². The molecule has 0 bridgehead atoms. The van der Waals surface area contributed by atoms with Gasteiger partial charge in [0.2, 0.25) is 0 Å². The van der Waals surface area contributed by atoms with E-state index in [-0.39, 0.29) is 0 Å². The molecule has 0 radical (unpaired) electrons. The van der Waals surface area contributed by atoms with Gasteiger partial charge in [-0.05, 0) is 35.7 Å². The number of hydrogen-bond donors (Lipinski definition) is 0. The minimum atomic E-state index is 1.22. The Labute approximate surface area is 235 Å². The fourth-order valence-electron chi connectivity index (χ4n) is 2.78. The molecular formula is C37H51N. The van der Waals surface area contributed by atoms with Gasteiger partial charge in [-0.3, -0.25) is 0 Å². The van der Waals surface area contributed by atoms with Crippen LogP contribution in [0.1, 0.15) is 65.2 Å². The molecule has 38 heavy (non-hydrogen) atoms. The first kappa shape index (κ1) is 36.3. The highest BCUT2D eigenvalue weighted by molar-refractivity contribution is 5.70. The van der Waals surface area contributed by atoms with Crippen molar-refractivity contribution in [3.63, 3.8) is 0 Å². The van der Waals surface area contributed by atoms with Crippen LogP contribution in [0.4, 0.5) is 5.69 Å². The van der Waals surface area contributed by atoms with Gasteiger partial charge >= 0.3 is 0 Å². The Kier molecular flexibility index (Phi) is 26.5. The van der Waals surface area contributed by atoms with Crippen molar-refractivity contribution in [3.05, 3.63) is 144 Å². The Bertz CT molecular complexity index is 990. The van der Waals surface area contributed by atoms with Crippen LogP contribution in [0.3, 0.4) is 0 Å². The van der Waals surface area contributed by atoms with Gasteiger partial charge in [-0.1, -0.05) is 175 Å². The van der Waals surface area contributed by atoms with E-state index in [0.29, 0.717) is 0 Å². The molecule has 4 rings (SSSR count). The first-order valence-corrected chi connectivity index (χ1v) is 13.9. The summed E-state index contributed by atoms with van der Waals surface area (Å²) in [7, 11) is 4.07. The van der Waals surface area contributed by atoms with Crippen LogP contribution in [0, 0.1) is 0 Å². The Hall–Kier alpha value is -3.84. The van der Waals surface area contributed by atoms with Gasteiger partial charge in [-0.15, -0.1) is 0 Å². The van der Waals surface area contributed by atoms with Crippen LogP contribution in [0.15, 0.2) is 127 Å². The lowest BCUT2D eigenvalue weighted by Gasteiger charge is -2.10. The van der Waals surface area contributed by atoms with Gasteiger partial charge in [0, 0.05) is 19.8 Å². The number of para-hydroxylation sites is 1. The maximum Gasteiger partial charge on any atom is 0.0360 e. The molecule has 204 valence electrons. The van der Waals surface area contributed by atoms with Gasteiger partial charge in [0.05, 0.1) is 0 Å². The fourth-order valence-corrected chi connectivity index (χ4v) is 2.78. The van der Waals surface area contributed by atoms with Crippen molar-refractivity contribution in [2.45, 2.75) is 48.5 Å². The molecule has 0 aliphatic carbocycles. The molecule has 0 aliphatic rings. The van der Waals surface area contributed by atoms with Crippen LogP contribution in [0.25, 0.3) is 18.2 Å². The normalized spacial score (nSPS) is 8.97. The summed E-state index contributed by atoms with van der Waals surface area (Å²) in [6.45, 7) is 14.0. The first-order chi connectivity index (χ1) is 18.7. The average molecular weight is 510 g/mol. The molecule has 0 aromatic heterocycles. The van der Waals surface area contributed by atoms with E-state index in [1.807, 2.05) is 123 Å². The second-order valence-corrected chi connectivity index (χ2v) is 7.30. The molecule has 0 unspecified atom stereocenters. The molecule has 4 aromatic carbocycles. The molecule has 0 fully saturated rings. The summed E-state index contributed by atoms with van der Waals surface area (Å²) < 4.78 is 0. The maximum atomic E-state index is 2.13. The predicted octanol–water partition coefficient (Wildman–Crippen LogP) is 11.4. The number of rotatable bonds is 4. The van der Waals surface area contributed by atoms with E-state index in [1.165, 1.54) is 22.4 Å². The van der Waals surface area contributed by atoms with Crippen molar-refractivity contribution in [2.75, 3.05) is 19.0 Å². The van der Waals surface area contributed by atoms with Crippen LogP contribution in [-0.4, -0.2) is 14.1 Å². The zero-order chi connectivity index (χ0) is 28.9. The molecule has 0 saturated carbocycles. The summed E-state index contributed by atoms with van der Waals surface area (Å²) in [5, 5.41) is 0. The van der Waals surface area contributed by atoms with Crippen molar-refractivity contribution in [1.82, 2.24) is 0 Å². The standard InChI is InChI=1S/C17H16.C8H11N.C6H6.3C2H6/c1-2-6-15-9-12-17(13-10-15)14-11-16-7-4-3-5-8-16;1-9(2)8-6-4-3-5-7-8;1-2-4-6-5-3-1;3*1-2/h2-14H,1H3;3-7H,1-2H3;1-6H;3*1-2H3. The summed E-state index contributed by atoms with van der Waals surface area (Å²) >= 11 is 0. The summed E-state index contributed by atoms with van der Waals surface area (Å²) in [6, 6.07) is 41.1. The minimum Gasteiger partial charge on any atom is -0.378 e. The van der Waals surface area contributed by atoms with Crippen molar-refractivity contribution in [2.24, 2.45) is 0 Å². The Morgan fingerprint density at radius 1 is 0.395 bits per heavy atom. The number of anilines is 1. The Morgan fingerprint density at radius 2 is 0.684 bits per heavy atom. The molecule has 0 aliphatic heterocycles. The smallest absolute Gasteiger partial charge is 0.0360 e. The van der Waals surface area contributed by atoms with Crippen LogP contribution in [0.2, 0.25) is 0 Å². The molecule has 0 atom stereocenters. The van der Waals surface area contributed by atoms with Gasteiger partial charge in [-0.25, -0.2) is 0 Å². The second kappa shape index (κ2) is 27.7. The quantitative estimate of drug-likeness (QED) is 0.247. The molecular weight excluding hydrogens is 458 g/mol. The third-order valence-electron chi connectivity index (χ3n) is 4.50. The zero-order valence-corrected chi connectivity index (χ0v) is 25.3. The van der Waals surface area contributed by atoms with Crippen molar-refractivity contribution in [3.8, 4) is 0 Å².